The Hall–Kier alpha value is -4.52. The van der Waals surface area contributed by atoms with Crippen molar-refractivity contribution >= 4 is 47.9 Å². The van der Waals surface area contributed by atoms with E-state index in [-0.39, 0.29) is 83.3 Å². The smallest absolute Gasteiger partial charge is 0.410 e. The van der Waals surface area contributed by atoms with Gasteiger partial charge in [-0.05, 0) is 247 Å². The lowest BCUT2D eigenvalue weighted by Gasteiger charge is -2.57. The van der Waals surface area contributed by atoms with Crippen molar-refractivity contribution in [2.45, 2.75) is 307 Å². The van der Waals surface area contributed by atoms with Crippen molar-refractivity contribution < 1.29 is 86.5 Å². The summed E-state index contributed by atoms with van der Waals surface area (Å²) in [6.07, 6.45) is 16.5. The second-order valence-corrected chi connectivity index (χ2v) is 33.6. The lowest BCUT2D eigenvalue weighted by Crippen LogP contribution is -2.58. The molecule has 8 saturated carbocycles. The number of hydrogen-bond donors (Lipinski definition) is 2. The number of carboxylic acid groups (broad SMARTS) is 1. The molecule has 0 aromatic heterocycles. The Morgan fingerprint density at radius 3 is 1.55 bits per heavy atom. The molecule has 19 heteroatoms. The van der Waals surface area contributed by atoms with Gasteiger partial charge in [-0.2, -0.15) is 0 Å². The van der Waals surface area contributed by atoms with E-state index < -0.39 is 57.6 Å². The summed E-state index contributed by atoms with van der Waals surface area (Å²) in [6.45, 7) is 36.8. The number of likely N-dealkylation sites (tertiary alicyclic amines) is 1. The largest absolute Gasteiger partial charge is 0.481 e. The summed E-state index contributed by atoms with van der Waals surface area (Å²) in [4.78, 5) is 96.1. The van der Waals surface area contributed by atoms with Crippen molar-refractivity contribution in [3.8, 4) is 0 Å². The van der Waals surface area contributed by atoms with Gasteiger partial charge in [0.15, 0.2) is 18.8 Å². The van der Waals surface area contributed by atoms with E-state index in [4.69, 9.17) is 43.0 Å². The molecule has 2 N–H and O–H groups in total. The summed E-state index contributed by atoms with van der Waals surface area (Å²) >= 11 is 0. The van der Waals surface area contributed by atoms with Gasteiger partial charge in [0.25, 0.3) is 0 Å². The zero-order valence-corrected chi connectivity index (χ0v) is 59.7. The number of amides is 1. The first-order chi connectivity index (χ1) is 42.6. The van der Waals surface area contributed by atoms with Crippen LogP contribution in [0.3, 0.4) is 0 Å². The molecule has 0 aromatic rings. The minimum atomic E-state index is -0.722. The van der Waals surface area contributed by atoms with E-state index in [0.29, 0.717) is 75.3 Å². The standard InChI is InChI=1S/C20H32O2.C18H31NO6.C16H26O3.C13H18O5.C6H12O2/c1-5-19(3,4)18(21)22-20(6-2)11-14-10-15(20)17-13-8-7-12(9-13)16(14)17;1-7-18(5,6)15(21)23-12-14(20)24-13-8-10-19(11-9-13)16(22)25-17(2,3)4;1-4-15(2,3)14(17)19-13-11-5-10-6-12(13)9-16(18,7-10)8-11;1-4-13(2,3)12(15)18-9-7-5-6-8(16-7)10(9)17-11(6)14;1-4-6(2,3)5(7)8/h12-17H,5-11H2,1-4H3;13H,7-12H2,1-6H3;10-13,18H,4-9H2,1-3H3;6-10H,4-5H2,1-3H3;4H2,1-3H3,(H,7,8). The first-order valence-corrected chi connectivity index (χ1v) is 35.5. The molecule has 524 valence electrons. The minimum absolute atomic E-state index is 0.0455. The Labute approximate surface area is 550 Å². The predicted octanol–water partition coefficient (Wildman–Crippen LogP) is 13.2. The summed E-state index contributed by atoms with van der Waals surface area (Å²) in [6, 6.07) is 0. The van der Waals surface area contributed by atoms with E-state index >= 15 is 0 Å². The summed E-state index contributed by atoms with van der Waals surface area (Å²) < 4.78 is 44.3. The fourth-order valence-electron chi connectivity index (χ4n) is 16.4. The van der Waals surface area contributed by atoms with Gasteiger partial charge in [0.2, 0.25) is 0 Å². The summed E-state index contributed by atoms with van der Waals surface area (Å²) in [5, 5.41) is 19.0. The molecule has 8 aliphatic carbocycles. The Kier molecular flexibility index (Phi) is 23.3. The van der Waals surface area contributed by atoms with Crippen molar-refractivity contribution in [3.05, 3.63) is 0 Å². The highest BCUT2D eigenvalue weighted by molar-refractivity contribution is 5.81. The number of fused-ring (bicyclic) bond motifs is 10. The fraction of sp³-hybridized carbons (Fsp3) is 0.890. The van der Waals surface area contributed by atoms with E-state index in [9.17, 15) is 43.5 Å². The molecule has 12 rings (SSSR count). The summed E-state index contributed by atoms with van der Waals surface area (Å²) in [5.41, 5.74) is -3.48. The molecule has 1 amide bonds. The fourth-order valence-corrected chi connectivity index (χ4v) is 16.4. The number of nitrogens with zero attached hydrogens (tertiary/aromatic N) is 1. The average molecular weight is 1300 g/mol. The maximum atomic E-state index is 12.7. The molecule has 19 nitrogen and oxygen atoms in total. The van der Waals surface area contributed by atoms with Crippen LogP contribution in [0.1, 0.15) is 254 Å². The van der Waals surface area contributed by atoms with Crippen LogP contribution in [0.25, 0.3) is 0 Å². The van der Waals surface area contributed by atoms with Crippen molar-refractivity contribution in [1.29, 1.82) is 0 Å². The highest BCUT2D eigenvalue weighted by Gasteiger charge is 2.69. The van der Waals surface area contributed by atoms with Crippen molar-refractivity contribution in [3.63, 3.8) is 0 Å². The molecule has 0 spiro atoms. The van der Waals surface area contributed by atoms with Gasteiger partial charge in [0, 0.05) is 31.8 Å². The van der Waals surface area contributed by atoms with Gasteiger partial charge in [0.05, 0.1) is 44.7 Å². The van der Waals surface area contributed by atoms with Crippen LogP contribution in [0.4, 0.5) is 4.79 Å². The monoisotopic (exact) mass is 1300 g/mol. The number of esters is 6. The number of aliphatic hydroxyl groups is 1. The number of piperidine rings is 1. The maximum Gasteiger partial charge on any atom is 0.410 e. The molecular formula is C73H119NO18. The molecule has 0 aromatic carbocycles. The van der Waals surface area contributed by atoms with Crippen LogP contribution in [-0.4, -0.2) is 136 Å². The highest BCUT2D eigenvalue weighted by atomic mass is 16.7. The highest BCUT2D eigenvalue weighted by Crippen LogP contribution is 2.71. The molecule has 4 aliphatic heterocycles. The average Bonchev–Trinajstić information content (AvgIpc) is 1.53. The number of carbonyl (C=O) groups excluding carboxylic acids is 7. The Morgan fingerprint density at radius 1 is 0.554 bits per heavy atom. The van der Waals surface area contributed by atoms with E-state index in [1.807, 2.05) is 90.0 Å². The van der Waals surface area contributed by atoms with Crippen molar-refractivity contribution in [1.82, 2.24) is 4.90 Å². The third-order valence-electron chi connectivity index (χ3n) is 24.1. The van der Waals surface area contributed by atoms with E-state index in [1.54, 1.807) is 32.6 Å². The SMILES string of the molecule is CCC(C)(C)C(=O)O.CCC(C)(C)C(=O)OC1(CC)CC2CC1C1C3CCC(C3)C21.CCC(C)(C)C(=O)OC1C2CC3C(=O)OC1C3O2.CCC(C)(C)C(=O)OC1C2CC3CC1CC(O)(C3)C2.CCC(C)(C)C(=O)OCC(=O)OC1CCN(C(=O)OC(C)(C)C)CC1. The summed E-state index contributed by atoms with van der Waals surface area (Å²) in [5.74, 6) is 4.51. The Morgan fingerprint density at radius 2 is 1.07 bits per heavy atom. The van der Waals surface area contributed by atoms with Crippen molar-refractivity contribution in [2.75, 3.05) is 19.7 Å². The molecule has 10 bridgehead atoms. The van der Waals surface area contributed by atoms with E-state index in [1.165, 1.54) is 25.7 Å². The van der Waals surface area contributed by atoms with Crippen LogP contribution in [0, 0.1) is 86.3 Å². The molecule has 14 atom stereocenters. The first kappa shape index (κ1) is 74.9. The molecule has 92 heavy (non-hydrogen) atoms. The zero-order chi connectivity index (χ0) is 68.6. The number of carbonyl (C=O) groups is 8. The molecule has 12 fully saturated rings. The van der Waals surface area contributed by atoms with Crippen LogP contribution in [0.15, 0.2) is 0 Å². The minimum Gasteiger partial charge on any atom is -0.481 e. The predicted molar refractivity (Wildman–Crippen MR) is 344 cm³/mol. The Bertz CT molecular complexity index is 2630. The van der Waals surface area contributed by atoms with Gasteiger partial charge in [0.1, 0.15) is 29.5 Å². The number of aliphatic carboxylic acids is 1. The second kappa shape index (κ2) is 28.7. The number of rotatable bonds is 17. The molecule has 0 radical (unpaired) electrons. The van der Waals surface area contributed by atoms with E-state index in [0.717, 1.165) is 87.4 Å². The van der Waals surface area contributed by atoms with Gasteiger partial charge >= 0.3 is 47.9 Å². The zero-order valence-electron chi connectivity index (χ0n) is 59.7. The van der Waals surface area contributed by atoms with Gasteiger partial charge in [-0.25, -0.2) is 9.59 Å². The van der Waals surface area contributed by atoms with Crippen LogP contribution >= 0.6 is 0 Å². The molecule has 12 aliphatic rings. The van der Waals surface area contributed by atoms with Gasteiger partial charge in [-0.15, -0.1) is 0 Å². The number of hydrogen-bond acceptors (Lipinski definition) is 17. The molecule has 4 saturated heterocycles. The lowest BCUT2D eigenvalue weighted by molar-refractivity contribution is -0.204. The Balaban J connectivity index is 0.000000168. The maximum absolute atomic E-state index is 12.7. The third kappa shape index (κ3) is 16.6. The van der Waals surface area contributed by atoms with Crippen LogP contribution in [0.2, 0.25) is 0 Å². The van der Waals surface area contributed by atoms with Crippen LogP contribution in [-0.2, 0) is 71.5 Å². The van der Waals surface area contributed by atoms with Crippen LogP contribution < -0.4 is 0 Å². The number of ether oxygens (including phenoxy) is 8. The molecule has 4 heterocycles. The second-order valence-electron chi connectivity index (χ2n) is 33.6. The third-order valence-corrected chi connectivity index (χ3v) is 24.1. The summed E-state index contributed by atoms with van der Waals surface area (Å²) in [7, 11) is 0. The van der Waals surface area contributed by atoms with Crippen LogP contribution in [0.5, 0.6) is 0 Å². The molecule has 14 unspecified atom stereocenters. The lowest BCUT2D eigenvalue weighted by atomic mass is 9.53. The first-order valence-electron chi connectivity index (χ1n) is 35.5. The number of carboxylic acids is 1. The van der Waals surface area contributed by atoms with Crippen molar-refractivity contribution in [2.24, 2.45) is 86.3 Å². The van der Waals surface area contributed by atoms with E-state index in [2.05, 4.69) is 13.8 Å². The van der Waals surface area contributed by atoms with Gasteiger partial charge in [-0.3, -0.25) is 28.8 Å². The van der Waals surface area contributed by atoms with Gasteiger partial charge < -0.3 is 53.0 Å². The topological polar surface area (TPSA) is 254 Å². The van der Waals surface area contributed by atoms with Gasteiger partial charge in [-0.1, -0.05) is 41.5 Å². The molecular weight excluding hydrogens is 1180 g/mol. The quantitative estimate of drug-likeness (QED) is 0.0779. The normalized spacial score (nSPS) is 34.3.